The van der Waals surface area contributed by atoms with Crippen molar-refractivity contribution in [3.8, 4) is 0 Å². The van der Waals surface area contributed by atoms with Crippen molar-refractivity contribution in [3.63, 3.8) is 0 Å². The Bertz CT molecular complexity index is 151. The van der Waals surface area contributed by atoms with Gasteiger partial charge in [0.2, 0.25) is 0 Å². The average Bonchev–Trinajstić information content (AvgIpc) is 2.28. The van der Waals surface area contributed by atoms with Crippen LogP contribution in [-0.4, -0.2) is 0 Å². The van der Waals surface area contributed by atoms with Gasteiger partial charge in [0, 0.05) is 0 Å². The summed E-state index contributed by atoms with van der Waals surface area (Å²) in [6, 6.07) is 0. The molecule has 0 aliphatic heterocycles. The summed E-state index contributed by atoms with van der Waals surface area (Å²) in [4.78, 5) is 0. The Labute approximate surface area is 104 Å². The molecule has 0 aromatic carbocycles. The van der Waals surface area contributed by atoms with Crippen molar-refractivity contribution in [2.24, 2.45) is 17.8 Å². The lowest BCUT2D eigenvalue weighted by Gasteiger charge is -2.30. The number of allylic oxidation sites excluding steroid dienone is 1. The van der Waals surface area contributed by atoms with Crippen LogP contribution in [0.4, 0.5) is 0 Å². The van der Waals surface area contributed by atoms with Crippen molar-refractivity contribution in [2.75, 3.05) is 0 Å². The molecule has 1 rings (SSSR count). The summed E-state index contributed by atoms with van der Waals surface area (Å²) in [7, 11) is 0. The van der Waals surface area contributed by atoms with E-state index in [-0.39, 0.29) is 0 Å². The van der Waals surface area contributed by atoms with Gasteiger partial charge in [-0.2, -0.15) is 0 Å². The van der Waals surface area contributed by atoms with E-state index < -0.39 is 0 Å². The molecule has 96 valence electrons. The molecule has 0 N–H and O–H groups in total. The Morgan fingerprint density at radius 1 is 1.19 bits per heavy atom. The van der Waals surface area contributed by atoms with Gasteiger partial charge < -0.3 is 0 Å². The second-order valence-corrected chi connectivity index (χ2v) is 5.60. The Balaban J connectivity index is 0.000000673. The second-order valence-electron chi connectivity index (χ2n) is 5.60. The summed E-state index contributed by atoms with van der Waals surface area (Å²) < 4.78 is 0. The summed E-state index contributed by atoms with van der Waals surface area (Å²) in [5.74, 6) is 2.99. The van der Waals surface area contributed by atoms with Gasteiger partial charge in [0.25, 0.3) is 0 Å². The van der Waals surface area contributed by atoms with E-state index in [4.69, 9.17) is 0 Å². The highest BCUT2D eigenvalue weighted by molar-refractivity contribution is 4.74. The lowest BCUT2D eigenvalue weighted by atomic mass is 9.75. The third-order valence-electron chi connectivity index (χ3n) is 3.62. The molecule has 0 heteroatoms. The Morgan fingerprint density at radius 2 is 1.69 bits per heavy atom. The SMILES string of the molecule is C=CC.CCC(CC(C)C)C1CCCCC1. The zero-order valence-corrected chi connectivity index (χ0v) is 12.0. The third kappa shape index (κ3) is 7.09. The summed E-state index contributed by atoms with van der Waals surface area (Å²) >= 11 is 0. The van der Waals surface area contributed by atoms with Gasteiger partial charge in [0.1, 0.15) is 0 Å². The maximum absolute atomic E-state index is 3.36. The molecule has 0 saturated heterocycles. The molecule has 0 heterocycles. The van der Waals surface area contributed by atoms with Crippen molar-refractivity contribution < 1.29 is 0 Å². The standard InChI is InChI=1S/C13H26.C3H6/c1-4-12(10-11(2)3)13-8-6-5-7-9-13;1-3-2/h11-13H,4-10H2,1-3H3;3H,1H2,2H3. The highest BCUT2D eigenvalue weighted by Gasteiger charge is 2.22. The van der Waals surface area contributed by atoms with E-state index >= 15 is 0 Å². The van der Waals surface area contributed by atoms with Crippen LogP contribution in [0.1, 0.15) is 72.6 Å². The van der Waals surface area contributed by atoms with Crippen molar-refractivity contribution >= 4 is 0 Å². The molecule has 1 aliphatic rings. The van der Waals surface area contributed by atoms with Crippen LogP contribution < -0.4 is 0 Å². The first-order valence-electron chi connectivity index (χ1n) is 7.22. The maximum atomic E-state index is 3.36. The highest BCUT2D eigenvalue weighted by Crippen LogP contribution is 2.34. The minimum absolute atomic E-state index is 0.895. The van der Waals surface area contributed by atoms with E-state index in [0.717, 1.165) is 17.8 Å². The van der Waals surface area contributed by atoms with Crippen molar-refractivity contribution in [2.45, 2.75) is 72.6 Å². The van der Waals surface area contributed by atoms with E-state index in [2.05, 4.69) is 27.4 Å². The van der Waals surface area contributed by atoms with Crippen molar-refractivity contribution in [1.82, 2.24) is 0 Å². The van der Waals surface area contributed by atoms with Gasteiger partial charge in [-0.1, -0.05) is 65.4 Å². The number of rotatable bonds is 4. The fourth-order valence-electron chi connectivity index (χ4n) is 2.90. The first-order valence-corrected chi connectivity index (χ1v) is 7.22. The normalized spacial score (nSPS) is 18.8. The van der Waals surface area contributed by atoms with Gasteiger partial charge in [0.15, 0.2) is 0 Å². The second kappa shape index (κ2) is 9.93. The third-order valence-corrected chi connectivity index (χ3v) is 3.62. The lowest BCUT2D eigenvalue weighted by Crippen LogP contribution is -2.18. The zero-order valence-electron chi connectivity index (χ0n) is 12.0. The van der Waals surface area contributed by atoms with E-state index in [1.807, 2.05) is 6.92 Å². The van der Waals surface area contributed by atoms with Crippen molar-refractivity contribution in [3.05, 3.63) is 12.7 Å². The maximum Gasteiger partial charge on any atom is -0.0386 e. The molecular formula is C16H32. The molecular weight excluding hydrogens is 192 g/mol. The topological polar surface area (TPSA) is 0 Å². The van der Waals surface area contributed by atoms with Gasteiger partial charge >= 0.3 is 0 Å². The van der Waals surface area contributed by atoms with Gasteiger partial charge in [0.05, 0.1) is 0 Å². The predicted octanol–water partition coefficient (Wildman–Crippen LogP) is 5.83. The van der Waals surface area contributed by atoms with E-state index in [0.29, 0.717) is 0 Å². The van der Waals surface area contributed by atoms with Crippen LogP contribution in [0.25, 0.3) is 0 Å². The number of hydrogen-bond acceptors (Lipinski definition) is 0. The Kier molecular flexibility index (Phi) is 9.77. The summed E-state index contributed by atoms with van der Waals surface area (Å²) in [5.41, 5.74) is 0. The fourth-order valence-corrected chi connectivity index (χ4v) is 2.90. The molecule has 0 radical (unpaired) electrons. The zero-order chi connectivity index (χ0) is 12.4. The summed E-state index contributed by atoms with van der Waals surface area (Å²) in [6.45, 7) is 12.4. The minimum atomic E-state index is 0.895. The molecule has 0 amide bonds. The van der Waals surface area contributed by atoms with Crippen LogP contribution in [0.3, 0.4) is 0 Å². The highest BCUT2D eigenvalue weighted by atomic mass is 14.3. The first kappa shape index (κ1) is 15.7. The molecule has 1 atom stereocenters. The molecule has 0 bridgehead atoms. The molecule has 0 aromatic rings. The molecule has 0 nitrogen and oxygen atoms in total. The van der Waals surface area contributed by atoms with Gasteiger partial charge in [-0.25, -0.2) is 0 Å². The monoisotopic (exact) mass is 224 g/mol. The molecule has 16 heavy (non-hydrogen) atoms. The smallest absolute Gasteiger partial charge is 0.0386 e. The van der Waals surface area contributed by atoms with Gasteiger partial charge in [-0.3, -0.25) is 0 Å². The van der Waals surface area contributed by atoms with Gasteiger partial charge in [-0.05, 0) is 31.1 Å². The predicted molar refractivity (Wildman–Crippen MR) is 75.7 cm³/mol. The molecule has 1 saturated carbocycles. The molecule has 0 aromatic heterocycles. The molecule has 1 unspecified atom stereocenters. The van der Waals surface area contributed by atoms with Crippen LogP contribution in [0.2, 0.25) is 0 Å². The van der Waals surface area contributed by atoms with Crippen LogP contribution in [0.15, 0.2) is 12.7 Å². The summed E-state index contributed by atoms with van der Waals surface area (Å²) in [6.07, 6.45) is 12.1. The van der Waals surface area contributed by atoms with Crippen LogP contribution in [0, 0.1) is 17.8 Å². The summed E-state index contributed by atoms with van der Waals surface area (Å²) in [5, 5.41) is 0. The van der Waals surface area contributed by atoms with Crippen LogP contribution >= 0.6 is 0 Å². The van der Waals surface area contributed by atoms with E-state index in [1.165, 1.54) is 44.9 Å². The first-order chi connectivity index (χ1) is 7.65. The van der Waals surface area contributed by atoms with E-state index in [1.54, 1.807) is 6.08 Å². The molecule has 0 spiro atoms. The molecule has 1 aliphatic carbocycles. The lowest BCUT2D eigenvalue weighted by molar-refractivity contribution is 0.212. The Hall–Kier alpha value is -0.260. The van der Waals surface area contributed by atoms with Crippen LogP contribution in [0.5, 0.6) is 0 Å². The van der Waals surface area contributed by atoms with Crippen LogP contribution in [-0.2, 0) is 0 Å². The van der Waals surface area contributed by atoms with Gasteiger partial charge in [-0.15, -0.1) is 6.58 Å². The minimum Gasteiger partial charge on any atom is -0.103 e. The average molecular weight is 224 g/mol. The Morgan fingerprint density at radius 3 is 2.06 bits per heavy atom. The van der Waals surface area contributed by atoms with Crippen molar-refractivity contribution in [1.29, 1.82) is 0 Å². The fraction of sp³-hybridized carbons (Fsp3) is 0.875. The quantitative estimate of drug-likeness (QED) is 0.527. The van der Waals surface area contributed by atoms with E-state index in [9.17, 15) is 0 Å². The molecule has 1 fully saturated rings. The largest absolute Gasteiger partial charge is 0.103 e. The number of hydrogen-bond donors (Lipinski definition) is 0.